The topological polar surface area (TPSA) is 58.9 Å². The van der Waals surface area contributed by atoms with Gasteiger partial charge in [-0.1, -0.05) is 37.1 Å². The maximum Gasteiger partial charge on any atom is 0.200 e. The molecule has 2 aromatic carbocycles. The Morgan fingerprint density at radius 1 is 0.550 bits per heavy atom. The van der Waals surface area contributed by atoms with E-state index in [4.69, 9.17) is 19.7 Å². The van der Waals surface area contributed by atoms with Crippen LogP contribution >= 0.6 is 0 Å². The molecule has 4 aliphatic rings. The molecule has 0 amide bonds. The number of aromatic hydroxyl groups is 2. The monoisotopic (exact) mass is 562 g/mol. The van der Waals surface area contributed by atoms with E-state index < -0.39 is 34.8 Å². The van der Waals surface area contributed by atoms with Gasteiger partial charge in [0.1, 0.15) is 0 Å². The summed E-state index contributed by atoms with van der Waals surface area (Å²) < 4.78 is 66.3. The number of hydrogen-bond donors (Lipinski definition) is 2. The molecule has 2 saturated heterocycles. The van der Waals surface area contributed by atoms with Crippen LogP contribution in [0.4, 0.5) is 17.6 Å². The summed E-state index contributed by atoms with van der Waals surface area (Å²) in [4.78, 5) is 0. The third-order valence-electron chi connectivity index (χ3n) is 9.18. The van der Waals surface area contributed by atoms with Crippen molar-refractivity contribution >= 4 is 0 Å². The lowest BCUT2D eigenvalue weighted by Gasteiger charge is -2.33. The number of phenolic OH excluding ortho intramolecular Hbond substituents is 2. The fourth-order valence-electron chi connectivity index (χ4n) is 6.79. The average molecular weight is 563 g/mol. The molecule has 1 saturated carbocycles. The van der Waals surface area contributed by atoms with Crippen LogP contribution in [-0.4, -0.2) is 35.6 Å². The first kappa shape index (κ1) is 28.9. The smallest absolute Gasteiger partial charge is 0.200 e. The maximum absolute atomic E-state index is 13.9. The van der Waals surface area contributed by atoms with Crippen LogP contribution in [0.2, 0.25) is 0 Å². The molecule has 4 atom stereocenters. The van der Waals surface area contributed by atoms with Crippen molar-refractivity contribution in [2.75, 3.05) is 13.2 Å². The summed E-state index contributed by atoms with van der Waals surface area (Å²) in [6.45, 7) is 0.866. The Morgan fingerprint density at radius 2 is 1.00 bits per heavy atom. The third-order valence-corrected chi connectivity index (χ3v) is 9.18. The third kappa shape index (κ3) is 6.33. The Kier molecular flexibility index (Phi) is 9.36. The van der Waals surface area contributed by atoms with Crippen LogP contribution in [0.5, 0.6) is 11.5 Å². The van der Waals surface area contributed by atoms with E-state index in [0.29, 0.717) is 42.3 Å². The summed E-state index contributed by atoms with van der Waals surface area (Å²) in [5, 5.41) is 18.3. The minimum Gasteiger partial charge on any atom is -0.505 e. The summed E-state index contributed by atoms with van der Waals surface area (Å²) in [6, 6.07) is 5.36. The van der Waals surface area contributed by atoms with Crippen molar-refractivity contribution in [2.24, 2.45) is 11.8 Å². The highest BCUT2D eigenvalue weighted by Gasteiger charge is 2.33. The molecule has 2 heterocycles. The van der Waals surface area contributed by atoms with E-state index in [2.05, 4.69) is 12.2 Å². The molecule has 218 valence electrons. The second-order valence-corrected chi connectivity index (χ2v) is 11.6. The fraction of sp³-hybridized carbons (Fsp3) is 0.562. The van der Waals surface area contributed by atoms with E-state index in [1.807, 2.05) is 0 Å². The Labute approximate surface area is 233 Å². The molecule has 2 aliphatic carbocycles. The van der Waals surface area contributed by atoms with Crippen molar-refractivity contribution in [3.63, 3.8) is 0 Å². The molecule has 6 rings (SSSR count). The van der Waals surface area contributed by atoms with Gasteiger partial charge >= 0.3 is 0 Å². The molecule has 0 spiro atoms. The molecule has 2 aromatic rings. The number of rotatable bonds is 4. The highest BCUT2D eigenvalue weighted by molar-refractivity contribution is 5.33. The van der Waals surface area contributed by atoms with Crippen molar-refractivity contribution in [1.29, 1.82) is 0 Å². The molecule has 4 nitrogen and oxygen atoms in total. The first-order valence-corrected chi connectivity index (χ1v) is 14.5. The largest absolute Gasteiger partial charge is 0.505 e. The number of phenols is 2. The molecular weight excluding hydrogens is 524 g/mol. The molecule has 8 heteroatoms. The van der Waals surface area contributed by atoms with Crippen LogP contribution in [0.15, 0.2) is 36.4 Å². The number of ether oxygens (including phenoxy) is 2. The Morgan fingerprint density at radius 3 is 1.43 bits per heavy atom. The first-order valence-electron chi connectivity index (χ1n) is 14.5. The van der Waals surface area contributed by atoms with E-state index in [-0.39, 0.29) is 17.9 Å². The van der Waals surface area contributed by atoms with Crippen molar-refractivity contribution < 1.29 is 37.2 Å². The van der Waals surface area contributed by atoms with Crippen molar-refractivity contribution in [1.82, 2.24) is 0 Å². The molecular formula is C32H38F4O4. The Balaban J connectivity index is 0.000000161. The van der Waals surface area contributed by atoms with Gasteiger partial charge in [0.05, 0.1) is 25.4 Å². The highest BCUT2D eigenvalue weighted by atomic mass is 19.2. The molecule has 0 radical (unpaired) electrons. The minimum absolute atomic E-state index is 0.109. The lowest BCUT2D eigenvalue weighted by Crippen LogP contribution is -2.30. The molecule has 40 heavy (non-hydrogen) atoms. The second kappa shape index (κ2) is 12.9. The van der Waals surface area contributed by atoms with Crippen LogP contribution < -0.4 is 0 Å². The van der Waals surface area contributed by atoms with Crippen LogP contribution in [0.3, 0.4) is 0 Å². The maximum atomic E-state index is 13.9. The van der Waals surface area contributed by atoms with Gasteiger partial charge in [0.25, 0.3) is 0 Å². The van der Waals surface area contributed by atoms with E-state index in [1.165, 1.54) is 49.9 Å². The Hall–Kier alpha value is -2.58. The summed E-state index contributed by atoms with van der Waals surface area (Å²) >= 11 is 0. The predicted octanol–water partition coefficient (Wildman–Crippen LogP) is 8.02. The molecule has 2 N–H and O–H groups in total. The SMILES string of the molecule is Oc1ccc(C2CCC(C3CC=CC3)OC2)c(F)c1F.Oc1ccc(C2CCC(C3CCCC3)OC2)c(F)c1F. The van der Waals surface area contributed by atoms with Gasteiger partial charge in [0.2, 0.25) is 11.6 Å². The van der Waals surface area contributed by atoms with Gasteiger partial charge in [-0.05, 0) is 86.5 Å². The van der Waals surface area contributed by atoms with Crippen LogP contribution in [0.25, 0.3) is 0 Å². The zero-order valence-electron chi connectivity index (χ0n) is 22.6. The summed E-state index contributed by atoms with van der Waals surface area (Å²) in [7, 11) is 0. The fourth-order valence-corrected chi connectivity index (χ4v) is 6.79. The quantitative estimate of drug-likeness (QED) is 0.293. The average Bonchev–Trinajstić information content (AvgIpc) is 3.71. The standard InChI is InChI=1S/C16H20F2O2.C16H18F2O2/c2*17-15-12(6-7-13(19)16(15)18)11-5-8-14(20-9-11)10-3-1-2-4-10/h6-7,10-11,14,19H,1-5,8-9H2;1-2,6-7,10-11,14,19H,3-5,8-9H2. The highest BCUT2D eigenvalue weighted by Crippen LogP contribution is 2.39. The van der Waals surface area contributed by atoms with Crippen molar-refractivity contribution in [3.8, 4) is 11.5 Å². The normalized spacial score (nSPS) is 27.5. The molecule has 4 unspecified atom stereocenters. The summed E-state index contributed by atoms with van der Waals surface area (Å²) in [6.07, 6.45) is 15.4. The second-order valence-electron chi connectivity index (χ2n) is 11.6. The van der Waals surface area contributed by atoms with Gasteiger partial charge < -0.3 is 19.7 Å². The zero-order chi connectivity index (χ0) is 28.2. The van der Waals surface area contributed by atoms with Gasteiger partial charge in [-0.15, -0.1) is 0 Å². The van der Waals surface area contributed by atoms with Crippen molar-refractivity contribution in [3.05, 3.63) is 70.8 Å². The van der Waals surface area contributed by atoms with Gasteiger partial charge in [-0.2, -0.15) is 8.78 Å². The molecule has 0 aromatic heterocycles. The van der Waals surface area contributed by atoms with Gasteiger partial charge in [0, 0.05) is 11.8 Å². The number of halogens is 4. The van der Waals surface area contributed by atoms with E-state index in [0.717, 1.165) is 38.5 Å². The molecule has 2 aliphatic heterocycles. The van der Waals surface area contributed by atoms with Crippen LogP contribution in [-0.2, 0) is 9.47 Å². The number of benzene rings is 2. The van der Waals surface area contributed by atoms with Gasteiger partial charge in [-0.25, -0.2) is 8.78 Å². The van der Waals surface area contributed by atoms with E-state index in [9.17, 15) is 17.6 Å². The van der Waals surface area contributed by atoms with Crippen molar-refractivity contribution in [2.45, 2.75) is 88.3 Å². The summed E-state index contributed by atoms with van der Waals surface area (Å²) in [5.74, 6) is -4.51. The van der Waals surface area contributed by atoms with E-state index in [1.54, 1.807) is 0 Å². The predicted molar refractivity (Wildman–Crippen MR) is 143 cm³/mol. The zero-order valence-corrected chi connectivity index (χ0v) is 22.6. The van der Waals surface area contributed by atoms with Gasteiger partial charge in [-0.3, -0.25) is 0 Å². The van der Waals surface area contributed by atoms with Crippen LogP contribution in [0, 0.1) is 35.1 Å². The lowest BCUT2D eigenvalue weighted by atomic mass is 9.86. The van der Waals surface area contributed by atoms with Crippen LogP contribution in [0.1, 0.15) is 87.2 Å². The van der Waals surface area contributed by atoms with Gasteiger partial charge in [0.15, 0.2) is 23.1 Å². The number of hydrogen-bond acceptors (Lipinski definition) is 4. The summed E-state index contributed by atoms with van der Waals surface area (Å²) in [5.41, 5.74) is 0.633. The number of allylic oxidation sites excluding steroid dienone is 2. The molecule has 3 fully saturated rings. The first-order chi connectivity index (χ1) is 19.3. The van der Waals surface area contributed by atoms with E-state index >= 15 is 0 Å². The minimum atomic E-state index is -1.16. The molecule has 0 bridgehead atoms. The lowest BCUT2D eigenvalue weighted by molar-refractivity contribution is -0.0300. The Bertz CT molecular complexity index is 1100.